The van der Waals surface area contributed by atoms with E-state index in [1.165, 1.54) is 5.56 Å². The van der Waals surface area contributed by atoms with E-state index in [1.807, 2.05) is 18.3 Å². The van der Waals surface area contributed by atoms with Gasteiger partial charge in [-0.15, -0.1) is 0 Å². The minimum Gasteiger partial charge on any atom is -0.381 e. The molecule has 1 aliphatic rings. The molecule has 0 N–H and O–H groups in total. The van der Waals surface area contributed by atoms with Crippen LogP contribution in [0.3, 0.4) is 0 Å². The van der Waals surface area contributed by atoms with Gasteiger partial charge in [-0.05, 0) is 36.2 Å². The first-order chi connectivity index (χ1) is 10.3. The Balaban J connectivity index is 1.81. The van der Waals surface area contributed by atoms with Crippen LogP contribution in [-0.4, -0.2) is 32.8 Å². The second-order valence-electron chi connectivity index (χ2n) is 5.10. The summed E-state index contributed by atoms with van der Waals surface area (Å²) < 4.78 is 7.18. The number of ether oxygens (including phenoxy) is 1. The predicted molar refractivity (Wildman–Crippen MR) is 79.4 cm³/mol. The first-order valence-electron chi connectivity index (χ1n) is 6.85. The summed E-state index contributed by atoms with van der Waals surface area (Å²) in [7, 11) is 0. The van der Waals surface area contributed by atoms with Crippen molar-refractivity contribution < 1.29 is 4.74 Å². The van der Waals surface area contributed by atoms with Crippen LogP contribution in [-0.2, 0) is 4.74 Å². The molecule has 0 amide bonds. The van der Waals surface area contributed by atoms with E-state index < -0.39 is 0 Å². The molecule has 0 aromatic carbocycles. The largest absolute Gasteiger partial charge is 0.381 e. The highest BCUT2D eigenvalue weighted by atomic mass is 35.5. The zero-order valence-electron chi connectivity index (χ0n) is 11.2. The van der Waals surface area contributed by atoms with Gasteiger partial charge in [-0.3, -0.25) is 4.98 Å². The number of halogens is 1. The van der Waals surface area contributed by atoms with Gasteiger partial charge in [-0.1, -0.05) is 11.6 Å². The molecule has 1 fully saturated rings. The van der Waals surface area contributed by atoms with Crippen LogP contribution in [0.5, 0.6) is 0 Å². The smallest absolute Gasteiger partial charge is 0.154 e. The summed E-state index contributed by atoms with van der Waals surface area (Å²) >= 11 is 5.97. The molecule has 1 saturated heterocycles. The van der Waals surface area contributed by atoms with Crippen LogP contribution >= 0.6 is 11.6 Å². The van der Waals surface area contributed by atoms with Gasteiger partial charge in [0.05, 0.1) is 18.5 Å². The van der Waals surface area contributed by atoms with Crippen molar-refractivity contribution in [3.63, 3.8) is 0 Å². The van der Waals surface area contributed by atoms with E-state index in [9.17, 15) is 0 Å². The number of imidazole rings is 1. The molecule has 106 valence electrons. The average molecular weight is 301 g/mol. The molecule has 3 aromatic heterocycles. The fraction of sp³-hybridized carbons (Fsp3) is 0.267. The zero-order chi connectivity index (χ0) is 14.2. The molecule has 0 aliphatic carbocycles. The Morgan fingerprint density at radius 1 is 1.24 bits per heavy atom. The lowest BCUT2D eigenvalue weighted by Crippen LogP contribution is -2.00. The maximum absolute atomic E-state index is 5.97. The fourth-order valence-corrected chi connectivity index (χ4v) is 2.80. The third kappa shape index (κ3) is 2.28. The topological polar surface area (TPSA) is 52.3 Å². The van der Waals surface area contributed by atoms with E-state index in [2.05, 4.69) is 21.1 Å². The second-order valence-corrected chi connectivity index (χ2v) is 5.49. The van der Waals surface area contributed by atoms with Crippen molar-refractivity contribution in [1.29, 1.82) is 0 Å². The number of hydrogen-bond donors (Lipinski definition) is 0. The molecule has 1 aliphatic heterocycles. The predicted octanol–water partition coefficient (Wildman–Crippen LogP) is 2.95. The lowest BCUT2D eigenvalue weighted by Gasteiger charge is -2.09. The van der Waals surface area contributed by atoms with E-state index in [4.69, 9.17) is 16.3 Å². The molecule has 5 nitrogen and oxygen atoms in total. The molecule has 21 heavy (non-hydrogen) atoms. The van der Waals surface area contributed by atoms with E-state index in [0.29, 0.717) is 11.1 Å². The molecule has 6 heteroatoms. The summed E-state index contributed by atoms with van der Waals surface area (Å²) in [6.07, 6.45) is 4.66. The lowest BCUT2D eigenvalue weighted by atomic mass is 9.98. The molecule has 4 rings (SSSR count). The van der Waals surface area contributed by atoms with E-state index in [1.54, 1.807) is 16.8 Å². The van der Waals surface area contributed by atoms with Crippen LogP contribution in [0, 0.1) is 0 Å². The standard InChI is InChI=1S/C15H13ClN4O/c16-14-1-2-15-18-8-13(20(15)19-14)12-7-10(3-5-17-12)11-4-6-21-9-11/h1-3,5,7-8,11H,4,6,9H2/t11-/m1/s1. The molecule has 4 heterocycles. The third-order valence-corrected chi connectivity index (χ3v) is 3.98. The normalized spacial score (nSPS) is 18.4. The average Bonchev–Trinajstić information content (AvgIpc) is 3.16. The van der Waals surface area contributed by atoms with Crippen molar-refractivity contribution in [3.05, 3.63) is 47.4 Å². The Labute approximate surface area is 126 Å². The lowest BCUT2D eigenvalue weighted by molar-refractivity contribution is 0.194. The number of aromatic nitrogens is 4. The van der Waals surface area contributed by atoms with Crippen molar-refractivity contribution in [2.24, 2.45) is 0 Å². The van der Waals surface area contributed by atoms with E-state index >= 15 is 0 Å². The van der Waals surface area contributed by atoms with Gasteiger partial charge in [0.2, 0.25) is 0 Å². The number of hydrogen-bond acceptors (Lipinski definition) is 4. The van der Waals surface area contributed by atoms with Gasteiger partial charge in [-0.2, -0.15) is 5.10 Å². The summed E-state index contributed by atoms with van der Waals surface area (Å²) in [6, 6.07) is 7.71. The maximum Gasteiger partial charge on any atom is 0.154 e. The zero-order valence-corrected chi connectivity index (χ0v) is 12.0. The van der Waals surface area contributed by atoms with Crippen LogP contribution in [0.2, 0.25) is 5.15 Å². The van der Waals surface area contributed by atoms with Gasteiger partial charge in [0.15, 0.2) is 5.65 Å². The third-order valence-electron chi connectivity index (χ3n) is 3.78. The van der Waals surface area contributed by atoms with Gasteiger partial charge in [0.1, 0.15) is 10.8 Å². The highest BCUT2D eigenvalue weighted by Gasteiger charge is 2.19. The monoisotopic (exact) mass is 300 g/mol. The first kappa shape index (κ1) is 12.7. The molecule has 0 bridgehead atoms. The minimum absolute atomic E-state index is 0.432. The summed E-state index contributed by atoms with van der Waals surface area (Å²) in [5.41, 5.74) is 3.69. The molecular weight excluding hydrogens is 288 g/mol. The molecule has 0 unspecified atom stereocenters. The van der Waals surface area contributed by atoms with Crippen molar-refractivity contribution in [2.75, 3.05) is 13.2 Å². The van der Waals surface area contributed by atoms with Gasteiger partial charge in [-0.25, -0.2) is 9.50 Å². The van der Waals surface area contributed by atoms with Crippen molar-refractivity contribution in [2.45, 2.75) is 12.3 Å². The van der Waals surface area contributed by atoms with Crippen LogP contribution in [0.4, 0.5) is 0 Å². The minimum atomic E-state index is 0.432. The molecule has 0 spiro atoms. The Hall–Kier alpha value is -1.98. The Kier molecular flexibility index (Phi) is 3.09. The SMILES string of the molecule is Clc1ccc2ncc(-c3cc([C@@H]4CCOC4)ccn3)n2n1. The quantitative estimate of drug-likeness (QED) is 0.730. The molecular formula is C15H13ClN4O. The Morgan fingerprint density at radius 2 is 2.19 bits per heavy atom. The van der Waals surface area contributed by atoms with Gasteiger partial charge < -0.3 is 4.74 Å². The van der Waals surface area contributed by atoms with E-state index in [0.717, 1.165) is 36.7 Å². The van der Waals surface area contributed by atoms with Gasteiger partial charge in [0.25, 0.3) is 0 Å². The first-order valence-corrected chi connectivity index (χ1v) is 7.23. The van der Waals surface area contributed by atoms with Crippen LogP contribution in [0.1, 0.15) is 17.9 Å². The summed E-state index contributed by atoms with van der Waals surface area (Å²) in [6.45, 7) is 1.61. The number of rotatable bonds is 2. The summed E-state index contributed by atoms with van der Waals surface area (Å²) in [4.78, 5) is 8.79. The number of pyridine rings is 1. The molecule has 1 atom stereocenters. The molecule has 0 saturated carbocycles. The Bertz CT molecular complexity index is 795. The highest BCUT2D eigenvalue weighted by molar-refractivity contribution is 6.29. The number of fused-ring (bicyclic) bond motifs is 1. The summed E-state index contributed by atoms with van der Waals surface area (Å²) in [5, 5.41) is 4.73. The number of nitrogens with zero attached hydrogens (tertiary/aromatic N) is 4. The fourth-order valence-electron chi connectivity index (χ4n) is 2.66. The van der Waals surface area contributed by atoms with Gasteiger partial charge in [0, 0.05) is 18.7 Å². The van der Waals surface area contributed by atoms with Crippen LogP contribution < -0.4 is 0 Å². The van der Waals surface area contributed by atoms with Crippen molar-refractivity contribution in [3.8, 4) is 11.4 Å². The molecule has 3 aromatic rings. The maximum atomic E-state index is 5.97. The highest BCUT2D eigenvalue weighted by Crippen LogP contribution is 2.28. The second kappa shape index (κ2) is 5.09. The Morgan fingerprint density at radius 3 is 3.05 bits per heavy atom. The van der Waals surface area contributed by atoms with Gasteiger partial charge >= 0.3 is 0 Å². The van der Waals surface area contributed by atoms with Crippen molar-refractivity contribution >= 4 is 17.2 Å². The van der Waals surface area contributed by atoms with E-state index in [-0.39, 0.29) is 0 Å². The summed E-state index contributed by atoms with van der Waals surface area (Å²) in [5.74, 6) is 0.447. The van der Waals surface area contributed by atoms with Crippen LogP contribution in [0.25, 0.3) is 17.0 Å². The molecule has 0 radical (unpaired) electrons. The van der Waals surface area contributed by atoms with Crippen LogP contribution in [0.15, 0.2) is 36.7 Å². The van der Waals surface area contributed by atoms with Crippen molar-refractivity contribution in [1.82, 2.24) is 19.6 Å².